The minimum Gasteiger partial charge on any atom is -0.495 e. The first-order valence-electron chi connectivity index (χ1n) is 5.80. The Kier molecular flexibility index (Phi) is 4.79. The van der Waals surface area contributed by atoms with Crippen molar-refractivity contribution in [2.75, 3.05) is 7.11 Å². The lowest BCUT2D eigenvalue weighted by atomic mass is 9.97. The summed E-state index contributed by atoms with van der Waals surface area (Å²) in [5.74, 6) is 1.58. The van der Waals surface area contributed by atoms with Crippen molar-refractivity contribution >= 4 is 43.5 Å². The molecule has 1 saturated carbocycles. The Balaban J connectivity index is 2.35. The smallest absolute Gasteiger partial charge is 0.137 e. The monoisotopic (exact) mass is 380 g/mol. The summed E-state index contributed by atoms with van der Waals surface area (Å²) >= 11 is 13.4. The first kappa shape index (κ1) is 13.7. The Hall–Kier alpha value is 0.270. The van der Waals surface area contributed by atoms with Crippen LogP contribution in [0, 0.1) is 5.92 Å². The molecule has 1 nitrogen and oxygen atoms in total. The lowest BCUT2D eigenvalue weighted by Gasteiger charge is -2.21. The minimum atomic E-state index is 0.329. The molecule has 94 valence electrons. The summed E-state index contributed by atoms with van der Waals surface area (Å²) in [4.78, 5) is 0.329. The van der Waals surface area contributed by atoms with Gasteiger partial charge in [-0.05, 0) is 46.8 Å². The maximum atomic E-state index is 6.12. The highest BCUT2D eigenvalue weighted by atomic mass is 79.9. The maximum absolute atomic E-state index is 6.12. The van der Waals surface area contributed by atoms with Gasteiger partial charge >= 0.3 is 0 Å². The number of methoxy groups -OCH3 is 1. The highest BCUT2D eigenvalue weighted by molar-refractivity contribution is 9.10. The van der Waals surface area contributed by atoms with Gasteiger partial charge in [0.2, 0.25) is 0 Å². The Bertz CT molecular complexity index is 403. The summed E-state index contributed by atoms with van der Waals surface area (Å²) in [5, 5.41) is 0.745. The predicted molar refractivity (Wildman–Crippen MR) is 79.3 cm³/mol. The third kappa shape index (κ3) is 2.99. The lowest BCUT2D eigenvalue weighted by molar-refractivity contribution is 0.401. The molecule has 2 rings (SSSR count). The number of hydrogen-bond acceptors (Lipinski definition) is 1. The molecule has 0 saturated heterocycles. The average Bonchev–Trinajstić information content (AvgIpc) is 2.80. The molecule has 4 heteroatoms. The second-order valence-electron chi connectivity index (χ2n) is 4.46. The van der Waals surface area contributed by atoms with Crippen LogP contribution >= 0.6 is 43.5 Å². The van der Waals surface area contributed by atoms with Gasteiger partial charge in [-0.15, -0.1) is 0 Å². The first-order valence-corrected chi connectivity index (χ1v) is 7.89. The van der Waals surface area contributed by atoms with Crippen LogP contribution in [0.1, 0.15) is 36.1 Å². The molecule has 1 aromatic rings. The van der Waals surface area contributed by atoms with Crippen LogP contribution in [0.3, 0.4) is 0 Å². The number of rotatable bonds is 3. The molecule has 0 aliphatic heterocycles. The molecule has 1 fully saturated rings. The molecule has 0 aromatic heterocycles. The number of halogens is 3. The molecule has 1 aromatic carbocycles. The summed E-state index contributed by atoms with van der Waals surface area (Å²) in [7, 11) is 1.70. The zero-order valence-corrected chi connectivity index (χ0v) is 13.6. The Morgan fingerprint density at radius 3 is 2.59 bits per heavy atom. The van der Waals surface area contributed by atoms with E-state index < -0.39 is 0 Å². The molecule has 0 N–H and O–H groups in total. The van der Waals surface area contributed by atoms with Gasteiger partial charge in [0.1, 0.15) is 5.75 Å². The number of benzene rings is 1. The highest BCUT2D eigenvalue weighted by Crippen LogP contribution is 2.46. The summed E-state index contributed by atoms with van der Waals surface area (Å²) < 4.78 is 6.40. The standard InChI is InChI=1S/C13H15Br2ClO/c1-17-13-10(6-9(16)7-11(13)14)12(15)8-4-2-3-5-8/h6-8,12H,2-5H2,1H3. The third-order valence-corrected chi connectivity index (χ3v) is 5.40. The Morgan fingerprint density at radius 2 is 2.00 bits per heavy atom. The van der Waals surface area contributed by atoms with Crippen LogP contribution in [0.5, 0.6) is 5.75 Å². The zero-order chi connectivity index (χ0) is 12.4. The van der Waals surface area contributed by atoms with Crippen molar-refractivity contribution < 1.29 is 4.74 Å². The zero-order valence-electron chi connectivity index (χ0n) is 9.68. The molecular weight excluding hydrogens is 367 g/mol. The van der Waals surface area contributed by atoms with Crippen LogP contribution < -0.4 is 4.74 Å². The van der Waals surface area contributed by atoms with Gasteiger partial charge in [0.25, 0.3) is 0 Å². The van der Waals surface area contributed by atoms with Crippen molar-refractivity contribution in [1.29, 1.82) is 0 Å². The summed E-state index contributed by atoms with van der Waals surface area (Å²) in [6.45, 7) is 0. The van der Waals surface area contributed by atoms with Gasteiger partial charge < -0.3 is 4.74 Å². The topological polar surface area (TPSA) is 9.23 Å². The van der Waals surface area contributed by atoms with Crippen molar-refractivity contribution in [3.63, 3.8) is 0 Å². The van der Waals surface area contributed by atoms with E-state index in [0.717, 1.165) is 20.8 Å². The van der Waals surface area contributed by atoms with E-state index in [2.05, 4.69) is 31.9 Å². The van der Waals surface area contributed by atoms with Crippen LogP contribution in [0.25, 0.3) is 0 Å². The molecule has 0 amide bonds. The fraction of sp³-hybridized carbons (Fsp3) is 0.538. The Morgan fingerprint density at radius 1 is 1.35 bits per heavy atom. The van der Waals surface area contributed by atoms with E-state index in [1.165, 1.54) is 25.7 Å². The molecule has 17 heavy (non-hydrogen) atoms. The van der Waals surface area contributed by atoms with Gasteiger partial charge in [-0.25, -0.2) is 0 Å². The van der Waals surface area contributed by atoms with E-state index in [-0.39, 0.29) is 0 Å². The molecule has 1 aliphatic rings. The van der Waals surface area contributed by atoms with Gasteiger partial charge in [0.15, 0.2) is 0 Å². The molecular formula is C13H15Br2ClO. The third-order valence-electron chi connectivity index (χ3n) is 3.35. The van der Waals surface area contributed by atoms with Gasteiger partial charge in [0, 0.05) is 15.4 Å². The fourth-order valence-electron chi connectivity index (χ4n) is 2.50. The van der Waals surface area contributed by atoms with E-state index in [1.54, 1.807) is 7.11 Å². The Labute approximate surface area is 124 Å². The molecule has 1 unspecified atom stereocenters. The van der Waals surface area contributed by atoms with Crippen molar-refractivity contribution in [2.24, 2.45) is 5.92 Å². The first-order chi connectivity index (χ1) is 8.13. The number of hydrogen-bond donors (Lipinski definition) is 0. The molecule has 0 heterocycles. The normalized spacial score (nSPS) is 18.4. The quantitative estimate of drug-likeness (QED) is 0.606. The van der Waals surface area contributed by atoms with Gasteiger partial charge in [0.05, 0.1) is 11.6 Å². The largest absolute Gasteiger partial charge is 0.495 e. The van der Waals surface area contributed by atoms with E-state index in [4.69, 9.17) is 16.3 Å². The minimum absolute atomic E-state index is 0.329. The lowest BCUT2D eigenvalue weighted by Crippen LogP contribution is -2.05. The molecule has 0 bridgehead atoms. The highest BCUT2D eigenvalue weighted by Gasteiger charge is 2.27. The van der Waals surface area contributed by atoms with E-state index in [9.17, 15) is 0 Å². The summed E-state index contributed by atoms with van der Waals surface area (Å²) in [5.41, 5.74) is 1.15. The van der Waals surface area contributed by atoms with Crippen molar-refractivity contribution in [3.8, 4) is 5.75 Å². The van der Waals surface area contributed by atoms with Crippen molar-refractivity contribution in [3.05, 3.63) is 27.2 Å². The number of alkyl halides is 1. The van der Waals surface area contributed by atoms with Gasteiger partial charge in [-0.1, -0.05) is 40.4 Å². The van der Waals surface area contributed by atoms with Gasteiger partial charge in [-0.2, -0.15) is 0 Å². The second-order valence-corrected chi connectivity index (χ2v) is 6.73. The van der Waals surface area contributed by atoms with E-state index in [1.807, 2.05) is 12.1 Å². The van der Waals surface area contributed by atoms with E-state index in [0.29, 0.717) is 10.7 Å². The van der Waals surface area contributed by atoms with Crippen LogP contribution in [0.2, 0.25) is 5.02 Å². The van der Waals surface area contributed by atoms with Crippen molar-refractivity contribution in [2.45, 2.75) is 30.5 Å². The SMILES string of the molecule is COc1c(Br)cc(Cl)cc1C(Br)C1CCCC1. The van der Waals surface area contributed by atoms with Crippen LogP contribution in [-0.2, 0) is 0 Å². The second kappa shape index (κ2) is 5.94. The maximum Gasteiger partial charge on any atom is 0.137 e. The van der Waals surface area contributed by atoms with Crippen LogP contribution in [-0.4, -0.2) is 7.11 Å². The molecule has 0 radical (unpaired) electrons. The van der Waals surface area contributed by atoms with Crippen LogP contribution in [0.4, 0.5) is 0 Å². The average molecular weight is 383 g/mol. The fourth-order valence-corrected chi connectivity index (χ4v) is 4.37. The predicted octanol–water partition coefficient (Wildman–Crippen LogP) is 5.74. The molecule has 1 atom stereocenters. The van der Waals surface area contributed by atoms with E-state index >= 15 is 0 Å². The van der Waals surface area contributed by atoms with Crippen molar-refractivity contribution in [1.82, 2.24) is 0 Å². The molecule has 0 spiro atoms. The summed E-state index contributed by atoms with van der Waals surface area (Å²) in [6, 6.07) is 3.88. The van der Waals surface area contributed by atoms with Gasteiger partial charge in [-0.3, -0.25) is 0 Å². The summed E-state index contributed by atoms with van der Waals surface area (Å²) in [6.07, 6.45) is 5.22. The van der Waals surface area contributed by atoms with Crippen LogP contribution in [0.15, 0.2) is 16.6 Å². The molecule has 1 aliphatic carbocycles. The number of ether oxygens (including phenoxy) is 1.